The van der Waals surface area contributed by atoms with Crippen molar-refractivity contribution in [3.8, 4) is 5.75 Å². The lowest BCUT2D eigenvalue weighted by atomic mass is 10.2. The molecule has 25 heavy (non-hydrogen) atoms. The highest BCUT2D eigenvalue weighted by atomic mass is 35.5. The second-order valence-corrected chi connectivity index (χ2v) is 6.91. The smallest absolute Gasteiger partial charge is 0.191 e. The van der Waals surface area contributed by atoms with Gasteiger partial charge in [0.1, 0.15) is 11.6 Å². The molecule has 3 aromatic rings. The van der Waals surface area contributed by atoms with Crippen LogP contribution in [0.2, 0.25) is 5.02 Å². The number of hydrogen-bond donors (Lipinski definition) is 0. The van der Waals surface area contributed by atoms with Gasteiger partial charge in [0, 0.05) is 17.8 Å². The molecule has 0 aliphatic heterocycles. The Labute approximate surface area is 155 Å². The molecule has 0 saturated carbocycles. The van der Waals surface area contributed by atoms with Crippen LogP contribution in [0, 0.1) is 5.82 Å². The maximum Gasteiger partial charge on any atom is 0.191 e. The molecule has 1 unspecified atom stereocenters. The minimum atomic E-state index is -0.302. The molecule has 0 bridgehead atoms. The third-order valence-electron chi connectivity index (χ3n) is 3.62. The maximum absolute atomic E-state index is 13.0. The second-order valence-electron chi connectivity index (χ2n) is 5.53. The van der Waals surface area contributed by atoms with Crippen molar-refractivity contribution in [2.75, 3.05) is 0 Å². The van der Waals surface area contributed by atoms with E-state index in [1.165, 1.54) is 12.1 Å². The Balaban J connectivity index is 1.66. The van der Waals surface area contributed by atoms with Crippen LogP contribution >= 0.6 is 23.4 Å². The van der Waals surface area contributed by atoms with Gasteiger partial charge < -0.3 is 9.30 Å². The van der Waals surface area contributed by atoms with Crippen LogP contribution in [0.3, 0.4) is 0 Å². The average molecular weight is 378 g/mol. The van der Waals surface area contributed by atoms with Crippen molar-refractivity contribution in [1.29, 1.82) is 0 Å². The summed E-state index contributed by atoms with van der Waals surface area (Å²) in [7, 11) is 1.90. The molecule has 0 amide bonds. The fourth-order valence-electron chi connectivity index (χ4n) is 2.35. The van der Waals surface area contributed by atoms with Gasteiger partial charge in [-0.3, -0.25) is 0 Å². The highest BCUT2D eigenvalue weighted by Crippen LogP contribution is 2.26. The maximum atomic E-state index is 13.0. The van der Waals surface area contributed by atoms with Gasteiger partial charge in [-0.05, 0) is 48.9 Å². The van der Waals surface area contributed by atoms with E-state index < -0.39 is 0 Å². The molecule has 0 aliphatic rings. The van der Waals surface area contributed by atoms with Crippen molar-refractivity contribution >= 4 is 23.4 Å². The SMILES string of the molecule is CC(Oc1ccc(F)cc1)c1nnc(SCc2cccc(Cl)c2)n1C. The molecule has 3 rings (SSSR count). The van der Waals surface area contributed by atoms with Crippen LogP contribution in [-0.4, -0.2) is 14.8 Å². The van der Waals surface area contributed by atoms with E-state index in [1.54, 1.807) is 23.9 Å². The van der Waals surface area contributed by atoms with E-state index in [0.717, 1.165) is 21.5 Å². The summed E-state index contributed by atoms with van der Waals surface area (Å²) in [5.41, 5.74) is 1.12. The quantitative estimate of drug-likeness (QED) is 0.564. The Morgan fingerprint density at radius 1 is 1.20 bits per heavy atom. The molecule has 0 fully saturated rings. The summed E-state index contributed by atoms with van der Waals surface area (Å²) < 4.78 is 20.7. The lowest BCUT2D eigenvalue weighted by Crippen LogP contribution is -2.10. The van der Waals surface area contributed by atoms with Crippen molar-refractivity contribution in [3.63, 3.8) is 0 Å². The monoisotopic (exact) mass is 377 g/mol. The Kier molecular flexibility index (Phi) is 5.60. The predicted octanol–water partition coefficient (Wildman–Crippen LogP) is 5.04. The number of benzene rings is 2. The molecule has 0 saturated heterocycles. The highest BCUT2D eigenvalue weighted by molar-refractivity contribution is 7.98. The van der Waals surface area contributed by atoms with Crippen molar-refractivity contribution in [2.24, 2.45) is 7.05 Å². The Morgan fingerprint density at radius 2 is 1.96 bits per heavy atom. The minimum Gasteiger partial charge on any atom is -0.483 e. The van der Waals surface area contributed by atoms with Gasteiger partial charge in [0.25, 0.3) is 0 Å². The summed E-state index contributed by atoms with van der Waals surface area (Å²) >= 11 is 7.59. The van der Waals surface area contributed by atoms with Crippen LogP contribution in [0.5, 0.6) is 5.75 Å². The molecule has 7 heteroatoms. The molecule has 1 atom stereocenters. The van der Waals surface area contributed by atoms with Gasteiger partial charge in [0.15, 0.2) is 17.1 Å². The molecule has 0 N–H and O–H groups in total. The van der Waals surface area contributed by atoms with Crippen molar-refractivity contribution < 1.29 is 9.13 Å². The van der Waals surface area contributed by atoms with Crippen LogP contribution in [0.4, 0.5) is 4.39 Å². The third kappa shape index (κ3) is 4.52. The standard InChI is InChI=1S/C18H17ClFN3OS/c1-12(24-16-8-6-15(20)7-9-16)17-21-22-18(23(17)2)25-11-13-4-3-5-14(19)10-13/h3-10,12H,11H2,1-2H3. The average Bonchev–Trinajstić information content (AvgIpc) is 2.96. The largest absolute Gasteiger partial charge is 0.483 e. The molecule has 0 radical (unpaired) electrons. The minimum absolute atomic E-state index is 0.293. The van der Waals surface area contributed by atoms with Crippen molar-refractivity contribution in [3.05, 3.63) is 70.8 Å². The summed E-state index contributed by atoms with van der Waals surface area (Å²) in [4.78, 5) is 0. The van der Waals surface area contributed by atoms with Crippen LogP contribution < -0.4 is 4.74 Å². The zero-order chi connectivity index (χ0) is 17.8. The van der Waals surface area contributed by atoms with Crippen LogP contribution in [0.25, 0.3) is 0 Å². The molecule has 4 nitrogen and oxygen atoms in total. The lowest BCUT2D eigenvalue weighted by Gasteiger charge is -2.14. The van der Waals surface area contributed by atoms with Crippen molar-refractivity contribution in [2.45, 2.75) is 23.9 Å². The van der Waals surface area contributed by atoms with Crippen LogP contribution in [0.15, 0.2) is 53.7 Å². The van der Waals surface area contributed by atoms with Crippen molar-refractivity contribution in [1.82, 2.24) is 14.8 Å². The summed E-state index contributed by atoms with van der Waals surface area (Å²) in [6, 6.07) is 13.7. The van der Waals surface area contributed by atoms with Gasteiger partial charge in [0.2, 0.25) is 0 Å². The molecule has 1 heterocycles. The van der Waals surface area contributed by atoms with E-state index in [9.17, 15) is 4.39 Å². The summed E-state index contributed by atoms with van der Waals surface area (Å²) in [5, 5.41) is 9.98. The number of thioether (sulfide) groups is 1. The first-order valence-electron chi connectivity index (χ1n) is 7.71. The van der Waals surface area contributed by atoms with Crippen LogP contribution in [-0.2, 0) is 12.8 Å². The number of rotatable bonds is 6. The number of hydrogen-bond acceptors (Lipinski definition) is 4. The summed E-state index contributed by atoms with van der Waals surface area (Å²) in [5.74, 6) is 1.75. The lowest BCUT2D eigenvalue weighted by molar-refractivity contribution is 0.211. The summed E-state index contributed by atoms with van der Waals surface area (Å²) in [6.45, 7) is 1.89. The molecule has 130 valence electrons. The molecule has 0 spiro atoms. The van der Waals surface area contributed by atoms with Gasteiger partial charge in [0.05, 0.1) is 0 Å². The van der Waals surface area contributed by atoms with E-state index in [1.807, 2.05) is 42.8 Å². The zero-order valence-electron chi connectivity index (χ0n) is 13.8. The Morgan fingerprint density at radius 3 is 2.68 bits per heavy atom. The van der Waals surface area contributed by atoms with E-state index in [2.05, 4.69) is 10.2 Å². The van der Waals surface area contributed by atoms with Gasteiger partial charge in [-0.15, -0.1) is 10.2 Å². The Hall–Kier alpha value is -2.05. The fraction of sp³-hybridized carbons (Fsp3) is 0.222. The number of nitrogens with zero attached hydrogens (tertiary/aromatic N) is 3. The van der Waals surface area contributed by atoms with Gasteiger partial charge in [-0.25, -0.2) is 4.39 Å². The first-order chi connectivity index (χ1) is 12.0. The van der Waals surface area contributed by atoms with E-state index in [0.29, 0.717) is 11.6 Å². The molecule has 1 aromatic heterocycles. The normalized spacial score (nSPS) is 12.2. The van der Waals surface area contributed by atoms with E-state index >= 15 is 0 Å². The molecular formula is C18H17ClFN3OS. The Bertz CT molecular complexity index is 854. The first-order valence-corrected chi connectivity index (χ1v) is 9.08. The summed E-state index contributed by atoms with van der Waals surface area (Å²) in [6.07, 6.45) is -0.302. The predicted molar refractivity (Wildman–Crippen MR) is 97.5 cm³/mol. The molecule has 2 aromatic carbocycles. The van der Waals surface area contributed by atoms with Crippen LogP contribution in [0.1, 0.15) is 24.4 Å². The fourth-order valence-corrected chi connectivity index (χ4v) is 3.42. The highest BCUT2D eigenvalue weighted by Gasteiger charge is 2.17. The van der Waals surface area contributed by atoms with E-state index in [-0.39, 0.29) is 11.9 Å². The second kappa shape index (κ2) is 7.89. The van der Waals surface area contributed by atoms with E-state index in [4.69, 9.17) is 16.3 Å². The zero-order valence-corrected chi connectivity index (χ0v) is 15.4. The number of aromatic nitrogens is 3. The van der Waals surface area contributed by atoms with Gasteiger partial charge >= 0.3 is 0 Å². The topological polar surface area (TPSA) is 39.9 Å². The number of ether oxygens (including phenoxy) is 1. The molecule has 0 aliphatic carbocycles. The van der Waals surface area contributed by atoms with Gasteiger partial charge in [-0.2, -0.15) is 0 Å². The molecular weight excluding hydrogens is 361 g/mol. The van der Waals surface area contributed by atoms with Gasteiger partial charge in [-0.1, -0.05) is 35.5 Å². The first kappa shape index (κ1) is 17.8. The number of halogens is 2. The third-order valence-corrected chi connectivity index (χ3v) is 4.94.